The zero-order chi connectivity index (χ0) is 15.8. The van der Waals surface area contributed by atoms with Gasteiger partial charge in [-0.05, 0) is 30.7 Å². The van der Waals surface area contributed by atoms with Crippen molar-refractivity contribution in [2.75, 3.05) is 23.5 Å². The molecule has 0 unspecified atom stereocenters. The number of para-hydroxylation sites is 1. The number of fused-ring (bicyclic) bond motifs is 1. The van der Waals surface area contributed by atoms with E-state index in [1.165, 1.54) is 0 Å². The fourth-order valence-electron chi connectivity index (χ4n) is 2.88. The Morgan fingerprint density at radius 2 is 1.87 bits per heavy atom. The van der Waals surface area contributed by atoms with E-state index in [4.69, 9.17) is 4.98 Å². The van der Waals surface area contributed by atoms with Gasteiger partial charge in [0, 0.05) is 30.7 Å². The van der Waals surface area contributed by atoms with Crippen molar-refractivity contribution in [3.05, 3.63) is 60.6 Å². The van der Waals surface area contributed by atoms with E-state index in [0.717, 1.165) is 40.8 Å². The van der Waals surface area contributed by atoms with Crippen molar-refractivity contribution in [2.45, 2.75) is 6.92 Å². The number of benzene rings is 1. The van der Waals surface area contributed by atoms with Crippen LogP contribution in [0.5, 0.6) is 0 Å². The molecule has 0 aliphatic carbocycles. The summed E-state index contributed by atoms with van der Waals surface area (Å²) in [4.78, 5) is 17.9. The maximum atomic E-state index is 4.79. The van der Waals surface area contributed by atoms with Gasteiger partial charge in [-0.2, -0.15) is 0 Å². The molecule has 5 heteroatoms. The summed E-state index contributed by atoms with van der Waals surface area (Å²) >= 11 is 0. The van der Waals surface area contributed by atoms with Gasteiger partial charge >= 0.3 is 0 Å². The zero-order valence-electron chi connectivity index (χ0n) is 13.1. The lowest BCUT2D eigenvalue weighted by Gasteiger charge is -2.18. The molecule has 0 bridgehead atoms. The monoisotopic (exact) mass is 303 g/mol. The van der Waals surface area contributed by atoms with Crippen LogP contribution in [0.2, 0.25) is 0 Å². The molecule has 4 rings (SSSR count). The second kappa shape index (κ2) is 5.35. The zero-order valence-corrected chi connectivity index (χ0v) is 13.1. The Morgan fingerprint density at radius 1 is 1.04 bits per heavy atom. The fourth-order valence-corrected chi connectivity index (χ4v) is 2.88. The molecule has 3 aromatic rings. The van der Waals surface area contributed by atoms with E-state index in [-0.39, 0.29) is 0 Å². The number of hydrogen-bond acceptors (Lipinski definition) is 5. The Hall–Kier alpha value is -2.95. The Balaban J connectivity index is 1.78. The predicted octanol–water partition coefficient (Wildman–Crippen LogP) is 3.39. The van der Waals surface area contributed by atoms with Gasteiger partial charge in [0.2, 0.25) is 0 Å². The first-order chi connectivity index (χ1) is 11.2. The van der Waals surface area contributed by atoms with Crippen LogP contribution >= 0.6 is 0 Å². The number of anilines is 3. The van der Waals surface area contributed by atoms with Crippen LogP contribution in [-0.2, 0) is 0 Å². The first-order valence-corrected chi connectivity index (χ1v) is 7.56. The second-order valence-electron chi connectivity index (χ2n) is 5.70. The van der Waals surface area contributed by atoms with E-state index in [1.807, 2.05) is 43.6 Å². The molecular weight excluding hydrogens is 286 g/mol. The summed E-state index contributed by atoms with van der Waals surface area (Å²) in [7, 11) is 2.05. The third kappa shape index (κ3) is 2.30. The summed E-state index contributed by atoms with van der Waals surface area (Å²) in [6, 6.07) is 12.3. The lowest BCUT2D eigenvalue weighted by Crippen LogP contribution is -2.24. The van der Waals surface area contributed by atoms with Crippen LogP contribution in [0.4, 0.5) is 17.2 Å². The first-order valence-electron chi connectivity index (χ1n) is 7.56. The van der Waals surface area contributed by atoms with Crippen LogP contribution in [0, 0.1) is 6.92 Å². The van der Waals surface area contributed by atoms with Crippen molar-refractivity contribution in [2.24, 2.45) is 0 Å². The third-order valence-electron chi connectivity index (χ3n) is 4.09. The molecule has 5 nitrogen and oxygen atoms in total. The van der Waals surface area contributed by atoms with Gasteiger partial charge in [0.15, 0.2) is 11.6 Å². The lowest BCUT2D eigenvalue weighted by atomic mass is 10.1. The van der Waals surface area contributed by atoms with Crippen molar-refractivity contribution >= 4 is 17.2 Å². The smallest absolute Gasteiger partial charge is 0.162 e. The van der Waals surface area contributed by atoms with Gasteiger partial charge in [-0.15, -0.1) is 0 Å². The molecule has 0 saturated carbocycles. The normalized spacial score (nSPS) is 13.3. The van der Waals surface area contributed by atoms with Crippen molar-refractivity contribution in [3.8, 4) is 11.4 Å². The van der Waals surface area contributed by atoms with Crippen molar-refractivity contribution < 1.29 is 0 Å². The summed E-state index contributed by atoms with van der Waals surface area (Å²) in [5, 5.41) is 0. The molecule has 1 aliphatic heterocycles. The Bertz CT molecular complexity index is 847. The Morgan fingerprint density at radius 3 is 2.65 bits per heavy atom. The van der Waals surface area contributed by atoms with Crippen molar-refractivity contribution in [1.29, 1.82) is 0 Å². The number of aryl methyl sites for hydroxylation is 1. The molecule has 114 valence electrons. The number of nitrogens with zero attached hydrogens (tertiary/aromatic N) is 5. The molecule has 0 saturated heterocycles. The SMILES string of the molecule is Cc1cnccc1-c1ncc2c(n1)N(C)CN2c1ccccc1. The van der Waals surface area contributed by atoms with Crippen molar-refractivity contribution in [3.63, 3.8) is 0 Å². The molecule has 1 aromatic carbocycles. The lowest BCUT2D eigenvalue weighted by molar-refractivity contribution is 0.938. The topological polar surface area (TPSA) is 45.2 Å². The molecule has 0 fully saturated rings. The average molecular weight is 303 g/mol. The minimum Gasteiger partial charge on any atom is -0.340 e. The van der Waals surface area contributed by atoms with Crippen LogP contribution in [0.15, 0.2) is 55.0 Å². The summed E-state index contributed by atoms with van der Waals surface area (Å²) in [6.07, 6.45) is 5.53. The van der Waals surface area contributed by atoms with E-state index in [2.05, 4.69) is 38.9 Å². The van der Waals surface area contributed by atoms with E-state index in [9.17, 15) is 0 Å². The quantitative estimate of drug-likeness (QED) is 0.726. The maximum Gasteiger partial charge on any atom is 0.162 e. The van der Waals surface area contributed by atoms with Crippen LogP contribution in [0.3, 0.4) is 0 Å². The second-order valence-corrected chi connectivity index (χ2v) is 5.70. The van der Waals surface area contributed by atoms with E-state index in [1.54, 1.807) is 6.20 Å². The summed E-state index contributed by atoms with van der Waals surface area (Å²) in [5.41, 5.74) is 4.28. The number of rotatable bonds is 2. The molecule has 0 N–H and O–H groups in total. The molecule has 0 amide bonds. The van der Waals surface area contributed by atoms with E-state index < -0.39 is 0 Å². The van der Waals surface area contributed by atoms with Gasteiger partial charge in [0.1, 0.15) is 5.69 Å². The highest BCUT2D eigenvalue weighted by molar-refractivity contribution is 5.80. The van der Waals surface area contributed by atoms with Crippen LogP contribution in [0.25, 0.3) is 11.4 Å². The van der Waals surface area contributed by atoms with Crippen LogP contribution in [0.1, 0.15) is 5.56 Å². The highest BCUT2D eigenvalue weighted by atomic mass is 15.4. The van der Waals surface area contributed by atoms with Gasteiger partial charge in [-0.3, -0.25) is 4.98 Å². The van der Waals surface area contributed by atoms with Gasteiger partial charge in [-0.1, -0.05) is 18.2 Å². The van der Waals surface area contributed by atoms with E-state index in [0.29, 0.717) is 0 Å². The summed E-state index contributed by atoms with van der Waals surface area (Å²) in [6.45, 7) is 2.80. The molecule has 2 aromatic heterocycles. The number of pyridine rings is 1. The average Bonchev–Trinajstić information content (AvgIpc) is 2.93. The van der Waals surface area contributed by atoms with Gasteiger partial charge < -0.3 is 9.80 Å². The molecular formula is C18H17N5. The third-order valence-corrected chi connectivity index (χ3v) is 4.09. The molecule has 1 aliphatic rings. The van der Waals surface area contributed by atoms with Crippen LogP contribution < -0.4 is 9.80 Å². The summed E-state index contributed by atoms with van der Waals surface area (Å²) in [5.74, 6) is 1.69. The minimum absolute atomic E-state index is 0.741. The largest absolute Gasteiger partial charge is 0.340 e. The first kappa shape index (κ1) is 13.7. The standard InChI is InChI=1S/C18H17N5/c1-13-10-19-9-8-15(13)17-20-11-16-18(21-17)22(2)12-23(16)14-6-4-3-5-7-14/h3-11H,12H2,1-2H3. The van der Waals surface area contributed by atoms with E-state index >= 15 is 0 Å². The fraction of sp³-hybridized carbons (Fsp3) is 0.167. The Kier molecular flexibility index (Phi) is 3.19. The molecule has 3 heterocycles. The molecule has 0 spiro atoms. The highest BCUT2D eigenvalue weighted by Gasteiger charge is 2.27. The highest BCUT2D eigenvalue weighted by Crippen LogP contribution is 2.38. The minimum atomic E-state index is 0.741. The van der Waals surface area contributed by atoms with Crippen molar-refractivity contribution in [1.82, 2.24) is 15.0 Å². The summed E-state index contributed by atoms with van der Waals surface area (Å²) < 4.78 is 0. The maximum absolute atomic E-state index is 4.79. The van der Waals surface area contributed by atoms with Gasteiger partial charge in [-0.25, -0.2) is 9.97 Å². The molecule has 23 heavy (non-hydrogen) atoms. The predicted molar refractivity (Wildman–Crippen MR) is 91.9 cm³/mol. The van der Waals surface area contributed by atoms with Gasteiger partial charge in [0.25, 0.3) is 0 Å². The van der Waals surface area contributed by atoms with Crippen LogP contribution in [-0.4, -0.2) is 28.7 Å². The molecule has 0 atom stereocenters. The van der Waals surface area contributed by atoms with Gasteiger partial charge in [0.05, 0.1) is 12.9 Å². The Labute approximate surface area is 135 Å². The number of aromatic nitrogens is 3. The number of hydrogen-bond donors (Lipinski definition) is 0. The molecule has 0 radical (unpaired) electrons.